The van der Waals surface area contributed by atoms with Gasteiger partial charge in [0, 0.05) is 26.0 Å². The number of hydrogen-bond donors (Lipinski definition) is 2. The van der Waals surface area contributed by atoms with Crippen molar-refractivity contribution in [3.8, 4) is 16.3 Å². The van der Waals surface area contributed by atoms with Gasteiger partial charge >= 0.3 is 5.97 Å². The Bertz CT molecular complexity index is 1350. The van der Waals surface area contributed by atoms with Crippen LogP contribution in [0.25, 0.3) is 10.4 Å². The summed E-state index contributed by atoms with van der Waals surface area (Å²) < 4.78 is 15.7. The molecule has 1 saturated heterocycles. The average molecular weight is 585 g/mol. The first-order chi connectivity index (χ1) is 19.5. The maximum Gasteiger partial charge on any atom is 0.302 e. The van der Waals surface area contributed by atoms with Crippen molar-refractivity contribution in [1.29, 1.82) is 0 Å². The van der Waals surface area contributed by atoms with Crippen molar-refractivity contribution in [3.63, 3.8) is 0 Å². The lowest BCUT2D eigenvalue weighted by atomic mass is 9.91. The molecule has 1 fully saturated rings. The molecule has 3 heterocycles. The quantitative estimate of drug-likeness (QED) is 0.255. The van der Waals surface area contributed by atoms with Gasteiger partial charge < -0.3 is 29.3 Å². The fourth-order valence-corrected chi connectivity index (χ4v) is 5.74. The van der Waals surface area contributed by atoms with Crippen molar-refractivity contribution in [1.82, 2.24) is 20.4 Å². The third-order valence-electron chi connectivity index (χ3n) is 7.03. The van der Waals surface area contributed by atoms with Gasteiger partial charge in [-0.1, -0.05) is 38.1 Å². The molecular weight excluding hydrogens is 548 g/mol. The van der Waals surface area contributed by atoms with E-state index in [-0.39, 0.29) is 61.6 Å². The van der Waals surface area contributed by atoms with Crippen molar-refractivity contribution in [2.75, 3.05) is 19.8 Å². The summed E-state index contributed by atoms with van der Waals surface area (Å²) in [5, 5.41) is 17.3. The minimum absolute atomic E-state index is 0.0390. The summed E-state index contributed by atoms with van der Waals surface area (Å²) in [5.74, 6) is -1.57. The van der Waals surface area contributed by atoms with Gasteiger partial charge in [-0.25, -0.2) is 4.98 Å². The lowest BCUT2D eigenvalue weighted by Crippen LogP contribution is -2.48. The second-order valence-corrected chi connectivity index (χ2v) is 11.3. The molecule has 4 rings (SSSR count). The second-order valence-electron chi connectivity index (χ2n) is 10.5. The van der Waals surface area contributed by atoms with Crippen LogP contribution in [-0.2, 0) is 19.1 Å². The van der Waals surface area contributed by atoms with Crippen LogP contribution in [0, 0.1) is 12.8 Å². The molecule has 2 aromatic heterocycles. The number of ether oxygens (including phenoxy) is 2. The maximum atomic E-state index is 13.8. The number of thiazole rings is 1. The number of rotatable bonds is 11. The summed E-state index contributed by atoms with van der Waals surface area (Å²) in [4.78, 5) is 44.9. The van der Waals surface area contributed by atoms with Gasteiger partial charge in [-0.05, 0) is 36.0 Å². The van der Waals surface area contributed by atoms with Crippen LogP contribution < -0.4 is 10.1 Å². The number of benzene rings is 1. The molecule has 41 heavy (non-hydrogen) atoms. The zero-order valence-electron chi connectivity index (χ0n) is 23.8. The molecule has 1 aromatic carbocycles. The van der Waals surface area contributed by atoms with Crippen molar-refractivity contribution in [2.45, 2.75) is 65.1 Å². The third-order valence-corrected chi connectivity index (χ3v) is 8.00. The number of hydrogen-bond acceptors (Lipinski definition) is 10. The van der Waals surface area contributed by atoms with E-state index in [4.69, 9.17) is 14.0 Å². The largest absolute Gasteiger partial charge is 0.472 e. The number of carbonyl (C=O) groups is 3. The molecule has 0 aliphatic carbocycles. The molecule has 0 bridgehead atoms. The zero-order chi connectivity index (χ0) is 29.7. The van der Waals surface area contributed by atoms with Crippen molar-refractivity contribution >= 4 is 29.1 Å². The zero-order valence-corrected chi connectivity index (χ0v) is 24.6. The standard InChI is InChI=1S/C29H36N4O7S/c1-16(2)26(24-13-25(32-40-24)39-11-10-38-19(5)34)29(37)33-14-22(35)12-23(33)28(36)31-17(3)20-6-8-21(9-7-20)27-18(4)30-15-41-27/h6-9,13,15-17,22-23,26,35H,10-12,14H2,1-5H3,(H,31,36)/t17-,22+,23-,26+/m0/s1. The van der Waals surface area contributed by atoms with Crippen LogP contribution in [0.5, 0.6) is 5.88 Å². The first kappa shape index (κ1) is 30.2. The van der Waals surface area contributed by atoms with Crippen LogP contribution in [0.3, 0.4) is 0 Å². The number of nitrogens with zero attached hydrogens (tertiary/aromatic N) is 3. The van der Waals surface area contributed by atoms with E-state index in [1.165, 1.54) is 17.9 Å². The SMILES string of the molecule is CC(=O)OCCOc1cc([C@H](C(=O)N2C[C@H](O)C[C@H]2C(=O)N[C@@H](C)c2ccc(-c3scnc3C)cc2)C(C)C)on1. The molecule has 2 amide bonds. The van der Waals surface area contributed by atoms with Crippen LogP contribution in [-0.4, -0.2) is 69.8 Å². The Morgan fingerprint density at radius 1 is 1.20 bits per heavy atom. The van der Waals surface area contributed by atoms with Crippen LogP contribution in [0.1, 0.15) is 63.1 Å². The van der Waals surface area contributed by atoms with E-state index >= 15 is 0 Å². The highest BCUT2D eigenvalue weighted by atomic mass is 32.1. The lowest BCUT2D eigenvalue weighted by Gasteiger charge is -2.29. The molecule has 0 saturated carbocycles. The number of aliphatic hydroxyl groups is 1. The summed E-state index contributed by atoms with van der Waals surface area (Å²) in [5.41, 5.74) is 4.77. The Labute approximate surface area is 242 Å². The Morgan fingerprint density at radius 2 is 1.93 bits per heavy atom. The monoisotopic (exact) mass is 584 g/mol. The summed E-state index contributed by atoms with van der Waals surface area (Å²) in [6, 6.07) is 8.34. The number of likely N-dealkylation sites (tertiary alicyclic amines) is 1. The summed E-state index contributed by atoms with van der Waals surface area (Å²) >= 11 is 1.58. The molecule has 220 valence electrons. The van der Waals surface area contributed by atoms with Crippen molar-refractivity contribution in [2.24, 2.45) is 5.92 Å². The second kappa shape index (κ2) is 13.3. The van der Waals surface area contributed by atoms with E-state index in [2.05, 4.69) is 15.5 Å². The number of nitrogens with one attached hydrogen (secondary N) is 1. The van der Waals surface area contributed by atoms with E-state index in [1.54, 1.807) is 11.3 Å². The molecule has 11 nitrogen and oxygen atoms in total. The van der Waals surface area contributed by atoms with Gasteiger partial charge in [0.05, 0.1) is 28.2 Å². The molecule has 0 radical (unpaired) electrons. The Morgan fingerprint density at radius 3 is 2.56 bits per heavy atom. The fourth-order valence-electron chi connectivity index (χ4n) is 4.93. The Balaban J connectivity index is 1.42. The Hall–Kier alpha value is -3.77. The van der Waals surface area contributed by atoms with E-state index in [0.29, 0.717) is 0 Å². The van der Waals surface area contributed by atoms with Gasteiger partial charge in [-0.3, -0.25) is 14.4 Å². The van der Waals surface area contributed by atoms with Gasteiger partial charge in [0.25, 0.3) is 5.88 Å². The number of amides is 2. The van der Waals surface area contributed by atoms with Gasteiger partial charge in [-0.2, -0.15) is 0 Å². The summed E-state index contributed by atoms with van der Waals surface area (Å²) in [6.07, 6.45) is -0.686. The number of carbonyl (C=O) groups excluding carboxylic acids is 3. The molecule has 0 spiro atoms. The number of aryl methyl sites for hydroxylation is 1. The number of aliphatic hydroxyl groups excluding tert-OH is 1. The number of β-amino-alcohol motifs (C(OH)–C–C–N with tert-alkyl or cyclic N) is 1. The first-order valence-corrected chi connectivity index (χ1v) is 14.4. The third kappa shape index (κ3) is 7.31. The topological polar surface area (TPSA) is 144 Å². The first-order valence-electron chi connectivity index (χ1n) is 13.6. The van der Waals surface area contributed by atoms with Crippen LogP contribution >= 0.6 is 11.3 Å². The highest BCUT2D eigenvalue weighted by Crippen LogP contribution is 2.33. The van der Waals surface area contributed by atoms with Crippen LogP contribution in [0.2, 0.25) is 0 Å². The highest BCUT2D eigenvalue weighted by molar-refractivity contribution is 7.13. The van der Waals surface area contributed by atoms with Crippen LogP contribution in [0.15, 0.2) is 40.4 Å². The van der Waals surface area contributed by atoms with Gasteiger partial charge in [0.15, 0.2) is 5.76 Å². The molecule has 1 aliphatic rings. The normalized spacial score (nSPS) is 18.3. The van der Waals surface area contributed by atoms with Gasteiger partial charge in [0.2, 0.25) is 11.8 Å². The summed E-state index contributed by atoms with van der Waals surface area (Å²) in [6.45, 7) is 9.08. The smallest absolute Gasteiger partial charge is 0.302 e. The molecule has 1 aliphatic heterocycles. The highest BCUT2D eigenvalue weighted by Gasteiger charge is 2.43. The van der Waals surface area contributed by atoms with Gasteiger partial charge in [0.1, 0.15) is 25.2 Å². The summed E-state index contributed by atoms with van der Waals surface area (Å²) in [7, 11) is 0. The maximum absolute atomic E-state index is 13.8. The van der Waals surface area contributed by atoms with Crippen LogP contribution in [0.4, 0.5) is 0 Å². The van der Waals surface area contributed by atoms with E-state index in [1.807, 2.05) is 57.5 Å². The minimum Gasteiger partial charge on any atom is -0.472 e. The van der Waals surface area contributed by atoms with Gasteiger partial charge in [-0.15, -0.1) is 11.3 Å². The molecule has 2 N–H and O–H groups in total. The number of aromatic nitrogens is 2. The van der Waals surface area contributed by atoms with E-state index in [0.717, 1.165) is 21.7 Å². The predicted molar refractivity (Wildman–Crippen MR) is 151 cm³/mol. The molecular formula is C29H36N4O7S. The van der Waals surface area contributed by atoms with Crippen molar-refractivity contribution in [3.05, 3.63) is 52.9 Å². The average Bonchev–Trinajstić information content (AvgIpc) is 3.66. The van der Waals surface area contributed by atoms with Crippen molar-refractivity contribution < 1.29 is 33.5 Å². The molecule has 12 heteroatoms. The Kier molecular flexibility index (Phi) is 9.77. The minimum atomic E-state index is -0.831. The van der Waals surface area contributed by atoms with E-state index < -0.39 is 24.0 Å². The molecule has 3 aromatic rings. The number of esters is 1. The molecule has 4 atom stereocenters. The fraction of sp³-hybridized carbons (Fsp3) is 0.483. The van der Waals surface area contributed by atoms with E-state index in [9.17, 15) is 19.5 Å². The predicted octanol–water partition coefficient (Wildman–Crippen LogP) is 3.63. The lowest BCUT2D eigenvalue weighted by molar-refractivity contribution is -0.141. The molecule has 0 unspecified atom stereocenters.